The second-order valence-corrected chi connectivity index (χ2v) is 8.08. The maximum absolute atomic E-state index is 12.9. The molecule has 0 saturated carbocycles. The highest BCUT2D eigenvalue weighted by Crippen LogP contribution is 2.35. The van der Waals surface area contributed by atoms with Gasteiger partial charge in [0, 0.05) is 56.5 Å². The summed E-state index contributed by atoms with van der Waals surface area (Å²) >= 11 is 0. The first-order valence-electron chi connectivity index (χ1n) is 10.6. The van der Waals surface area contributed by atoms with Crippen molar-refractivity contribution in [2.45, 2.75) is 25.7 Å². The molecule has 2 amide bonds. The van der Waals surface area contributed by atoms with Gasteiger partial charge in [-0.2, -0.15) is 0 Å². The zero-order valence-electron chi connectivity index (χ0n) is 18.4. The molecule has 1 fully saturated rings. The minimum absolute atomic E-state index is 0.0152. The van der Waals surface area contributed by atoms with Crippen molar-refractivity contribution in [1.82, 2.24) is 20.0 Å². The van der Waals surface area contributed by atoms with Crippen LogP contribution in [0.3, 0.4) is 0 Å². The molecule has 4 rings (SSSR count). The van der Waals surface area contributed by atoms with Gasteiger partial charge in [0.15, 0.2) is 0 Å². The number of anilines is 1. The quantitative estimate of drug-likeness (QED) is 0.633. The molecule has 0 spiro atoms. The lowest BCUT2D eigenvalue weighted by Crippen LogP contribution is -2.28. The number of benzene rings is 1. The topological polar surface area (TPSA) is 118 Å². The Labute approximate surface area is 186 Å². The van der Waals surface area contributed by atoms with Gasteiger partial charge in [-0.05, 0) is 30.5 Å². The fraction of sp³-hybridized carbons (Fsp3) is 0.348. The van der Waals surface area contributed by atoms with Gasteiger partial charge in [0.25, 0.3) is 5.91 Å². The summed E-state index contributed by atoms with van der Waals surface area (Å²) in [5, 5.41) is 3.93. The lowest BCUT2D eigenvalue weighted by atomic mass is 9.95. The smallest absolute Gasteiger partial charge is 0.292 e. The summed E-state index contributed by atoms with van der Waals surface area (Å²) in [6, 6.07) is 8.82. The summed E-state index contributed by atoms with van der Waals surface area (Å²) in [5.74, 6) is 0.201. The SMILES string of the molecule is CCc1cc(C(=O)N2CC[C@H](c3nc(N(C)C)ncc3-c3cccc(C(N)=O)c3)C2)on1. The van der Waals surface area contributed by atoms with Crippen LogP contribution in [0.5, 0.6) is 0 Å². The number of aromatic nitrogens is 3. The Balaban J connectivity index is 1.66. The van der Waals surface area contributed by atoms with Gasteiger partial charge >= 0.3 is 0 Å². The predicted molar refractivity (Wildman–Crippen MR) is 119 cm³/mol. The van der Waals surface area contributed by atoms with Gasteiger partial charge in [-0.15, -0.1) is 0 Å². The number of hydrogen-bond acceptors (Lipinski definition) is 7. The molecule has 9 heteroatoms. The van der Waals surface area contributed by atoms with Crippen molar-refractivity contribution in [1.29, 1.82) is 0 Å². The molecule has 1 atom stereocenters. The van der Waals surface area contributed by atoms with Crippen LogP contribution >= 0.6 is 0 Å². The third-order valence-corrected chi connectivity index (χ3v) is 5.66. The molecule has 32 heavy (non-hydrogen) atoms. The van der Waals surface area contributed by atoms with Crippen LogP contribution in [0.2, 0.25) is 0 Å². The van der Waals surface area contributed by atoms with Crippen molar-refractivity contribution >= 4 is 17.8 Å². The molecule has 2 aromatic heterocycles. The highest BCUT2D eigenvalue weighted by Gasteiger charge is 2.32. The Morgan fingerprint density at radius 2 is 2.09 bits per heavy atom. The Hall–Kier alpha value is -3.75. The standard InChI is InChI=1S/C23H26N6O3/c1-4-17-11-19(32-27-17)22(31)29-9-8-16(13-29)20-18(12-25-23(26-20)28(2)3)14-6-5-7-15(10-14)21(24)30/h5-7,10-12,16H,4,8-9,13H2,1-3H3,(H2,24,30)/t16-/m0/s1. The molecule has 1 saturated heterocycles. The second-order valence-electron chi connectivity index (χ2n) is 8.08. The summed E-state index contributed by atoms with van der Waals surface area (Å²) in [6.45, 7) is 3.06. The maximum atomic E-state index is 12.9. The summed E-state index contributed by atoms with van der Waals surface area (Å²) < 4.78 is 5.23. The molecule has 1 aliphatic heterocycles. The van der Waals surface area contributed by atoms with E-state index in [0.717, 1.165) is 28.9 Å². The fourth-order valence-electron chi connectivity index (χ4n) is 3.88. The first-order valence-corrected chi connectivity index (χ1v) is 10.6. The van der Waals surface area contributed by atoms with Crippen molar-refractivity contribution < 1.29 is 14.1 Å². The minimum atomic E-state index is -0.490. The van der Waals surface area contributed by atoms with E-state index in [0.29, 0.717) is 31.0 Å². The Morgan fingerprint density at radius 1 is 1.28 bits per heavy atom. The van der Waals surface area contributed by atoms with Crippen LogP contribution in [0.4, 0.5) is 5.95 Å². The zero-order chi connectivity index (χ0) is 22.8. The lowest BCUT2D eigenvalue weighted by Gasteiger charge is -2.19. The number of aryl methyl sites for hydroxylation is 1. The summed E-state index contributed by atoms with van der Waals surface area (Å²) in [5.41, 5.74) is 9.13. The molecule has 166 valence electrons. The van der Waals surface area contributed by atoms with E-state index in [2.05, 4.69) is 10.1 Å². The molecule has 0 bridgehead atoms. The average molecular weight is 435 g/mol. The van der Waals surface area contributed by atoms with Gasteiger partial charge in [0.2, 0.25) is 17.6 Å². The highest BCUT2D eigenvalue weighted by atomic mass is 16.5. The van der Waals surface area contributed by atoms with E-state index in [1.807, 2.05) is 32.0 Å². The van der Waals surface area contributed by atoms with Gasteiger partial charge in [-0.25, -0.2) is 9.97 Å². The van der Waals surface area contributed by atoms with E-state index in [1.165, 1.54) is 0 Å². The lowest BCUT2D eigenvalue weighted by molar-refractivity contribution is 0.0749. The zero-order valence-corrected chi connectivity index (χ0v) is 18.4. The van der Waals surface area contributed by atoms with Gasteiger partial charge in [0.1, 0.15) is 0 Å². The number of primary amides is 1. The van der Waals surface area contributed by atoms with Crippen molar-refractivity contribution in [2.24, 2.45) is 5.73 Å². The number of carbonyl (C=O) groups is 2. The third-order valence-electron chi connectivity index (χ3n) is 5.66. The molecule has 9 nitrogen and oxygen atoms in total. The van der Waals surface area contributed by atoms with Gasteiger partial charge in [-0.1, -0.05) is 24.2 Å². The molecule has 2 N–H and O–H groups in total. The van der Waals surface area contributed by atoms with E-state index in [4.69, 9.17) is 15.2 Å². The van der Waals surface area contributed by atoms with Crippen LogP contribution in [0, 0.1) is 0 Å². The molecular weight excluding hydrogens is 408 g/mol. The first-order chi connectivity index (χ1) is 15.4. The summed E-state index contributed by atoms with van der Waals surface area (Å²) in [4.78, 5) is 37.5. The van der Waals surface area contributed by atoms with E-state index < -0.39 is 5.91 Å². The monoisotopic (exact) mass is 434 g/mol. The van der Waals surface area contributed by atoms with Crippen LogP contribution in [-0.2, 0) is 6.42 Å². The number of nitrogens with two attached hydrogens (primary N) is 1. The molecule has 0 aliphatic carbocycles. The van der Waals surface area contributed by atoms with E-state index in [1.54, 1.807) is 35.4 Å². The van der Waals surface area contributed by atoms with Crippen molar-refractivity contribution in [3.63, 3.8) is 0 Å². The molecule has 3 heterocycles. The Kier molecular flexibility index (Phi) is 5.89. The largest absolute Gasteiger partial charge is 0.366 e. The predicted octanol–water partition coefficient (Wildman–Crippen LogP) is 2.49. The van der Waals surface area contributed by atoms with Crippen LogP contribution < -0.4 is 10.6 Å². The van der Waals surface area contributed by atoms with Crippen LogP contribution in [0.1, 0.15) is 51.6 Å². The maximum Gasteiger partial charge on any atom is 0.292 e. The second kappa shape index (κ2) is 8.78. The average Bonchev–Trinajstić information content (AvgIpc) is 3.48. The highest BCUT2D eigenvalue weighted by molar-refractivity contribution is 5.94. The molecule has 0 radical (unpaired) electrons. The number of amides is 2. The number of nitrogens with zero attached hydrogens (tertiary/aromatic N) is 5. The fourth-order valence-corrected chi connectivity index (χ4v) is 3.88. The molecule has 1 aromatic carbocycles. The van der Waals surface area contributed by atoms with E-state index in [-0.39, 0.29) is 17.6 Å². The number of likely N-dealkylation sites (tertiary alicyclic amines) is 1. The van der Waals surface area contributed by atoms with E-state index >= 15 is 0 Å². The number of hydrogen-bond donors (Lipinski definition) is 1. The number of rotatable bonds is 6. The normalized spacial score (nSPS) is 15.7. The molecular formula is C23H26N6O3. The molecule has 1 aliphatic rings. The van der Waals surface area contributed by atoms with E-state index in [9.17, 15) is 9.59 Å². The van der Waals surface area contributed by atoms with Gasteiger partial charge in [0.05, 0.1) is 11.4 Å². The molecule has 3 aromatic rings. The number of carbonyl (C=O) groups excluding carboxylic acids is 2. The van der Waals surface area contributed by atoms with Crippen LogP contribution in [0.15, 0.2) is 41.1 Å². The Bertz CT molecular complexity index is 1160. The van der Waals surface area contributed by atoms with Gasteiger partial charge < -0.3 is 20.1 Å². The first kappa shape index (κ1) is 21.5. The summed E-state index contributed by atoms with van der Waals surface area (Å²) in [7, 11) is 3.76. The minimum Gasteiger partial charge on any atom is -0.366 e. The van der Waals surface area contributed by atoms with Crippen LogP contribution in [-0.4, -0.2) is 59.0 Å². The Morgan fingerprint density at radius 3 is 2.78 bits per heavy atom. The van der Waals surface area contributed by atoms with Crippen LogP contribution in [0.25, 0.3) is 11.1 Å². The van der Waals surface area contributed by atoms with Crippen molar-refractivity contribution in [3.8, 4) is 11.1 Å². The third kappa shape index (κ3) is 4.18. The molecule has 0 unspecified atom stereocenters. The van der Waals surface area contributed by atoms with Gasteiger partial charge in [-0.3, -0.25) is 9.59 Å². The van der Waals surface area contributed by atoms with Crippen molar-refractivity contribution in [3.05, 3.63) is 59.2 Å². The summed E-state index contributed by atoms with van der Waals surface area (Å²) in [6.07, 6.45) is 3.24. The van der Waals surface area contributed by atoms with Crippen molar-refractivity contribution in [2.75, 3.05) is 32.1 Å².